The van der Waals surface area contributed by atoms with E-state index in [1.165, 1.54) is 16.7 Å². The molecule has 3 aliphatic rings. The first-order chi connectivity index (χ1) is 18.6. The Balaban J connectivity index is 1.19. The lowest BCUT2D eigenvalue weighted by Gasteiger charge is -2.38. The molecule has 3 heterocycles. The van der Waals surface area contributed by atoms with E-state index in [9.17, 15) is 9.90 Å². The van der Waals surface area contributed by atoms with Gasteiger partial charge in [-0.15, -0.1) is 10.2 Å². The molecule has 1 aliphatic heterocycles. The lowest BCUT2D eigenvalue weighted by atomic mass is 9.73. The molecule has 0 radical (unpaired) electrons. The number of aromatic nitrogens is 5. The molecule has 3 atom stereocenters. The van der Waals surface area contributed by atoms with Gasteiger partial charge in [0.25, 0.3) is 0 Å². The van der Waals surface area contributed by atoms with E-state index in [0.717, 1.165) is 46.4 Å². The molecule has 9 heteroatoms. The summed E-state index contributed by atoms with van der Waals surface area (Å²) in [7, 11) is 0. The molecule has 190 valence electrons. The Morgan fingerprint density at radius 1 is 1.11 bits per heavy atom. The average Bonchev–Trinajstić information content (AvgIpc) is 3.66. The Bertz CT molecular complexity index is 1610. The molecule has 4 N–H and O–H groups in total. The third kappa shape index (κ3) is 3.92. The minimum Gasteiger partial charge on any atom is -0.389 e. The van der Waals surface area contributed by atoms with Crippen LogP contribution in [0, 0.1) is 5.92 Å². The highest BCUT2D eigenvalue weighted by Gasteiger charge is 2.36. The summed E-state index contributed by atoms with van der Waals surface area (Å²) in [5.41, 5.74) is 8.65. The third-order valence-electron chi connectivity index (χ3n) is 7.83. The van der Waals surface area contributed by atoms with Crippen molar-refractivity contribution in [3.63, 3.8) is 0 Å². The number of carbonyl (C=O) groups excluding carboxylic acids is 1. The van der Waals surface area contributed by atoms with Gasteiger partial charge in [0.15, 0.2) is 0 Å². The fourth-order valence-corrected chi connectivity index (χ4v) is 5.90. The van der Waals surface area contributed by atoms with Gasteiger partial charge in [0.1, 0.15) is 12.7 Å². The van der Waals surface area contributed by atoms with E-state index < -0.39 is 6.10 Å². The number of hydrogen-bond donors (Lipinski definition) is 4. The van der Waals surface area contributed by atoms with Crippen LogP contribution in [-0.2, 0) is 4.79 Å². The molecule has 2 aromatic carbocycles. The van der Waals surface area contributed by atoms with E-state index in [-0.39, 0.29) is 17.9 Å². The van der Waals surface area contributed by atoms with Crippen molar-refractivity contribution in [2.75, 3.05) is 10.6 Å². The Labute approximate surface area is 219 Å². The second kappa shape index (κ2) is 9.11. The van der Waals surface area contributed by atoms with Gasteiger partial charge >= 0.3 is 0 Å². The number of aromatic amines is 1. The maximum absolute atomic E-state index is 13.4. The highest BCUT2D eigenvalue weighted by Crippen LogP contribution is 2.47. The number of benzene rings is 2. The molecule has 3 unspecified atom stereocenters. The maximum atomic E-state index is 13.4. The summed E-state index contributed by atoms with van der Waals surface area (Å²) in [6.07, 6.45) is 13.5. The van der Waals surface area contributed by atoms with Crippen LogP contribution in [0.4, 0.5) is 11.4 Å². The van der Waals surface area contributed by atoms with Gasteiger partial charge < -0.3 is 15.7 Å². The van der Waals surface area contributed by atoms with Gasteiger partial charge in [0.2, 0.25) is 5.91 Å². The summed E-state index contributed by atoms with van der Waals surface area (Å²) in [4.78, 5) is 13.4. The number of carbonyl (C=O) groups is 1. The van der Waals surface area contributed by atoms with E-state index in [4.69, 9.17) is 0 Å². The molecule has 7 rings (SSSR count). The van der Waals surface area contributed by atoms with Crippen LogP contribution < -0.4 is 10.6 Å². The van der Waals surface area contributed by atoms with Crippen molar-refractivity contribution in [3.8, 4) is 5.69 Å². The summed E-state index contributed by atoms with van der Waals surface area (Å²) in [6.45, 7) is 0. The normalized spacial score (nSPS) is 22.4. The van der Waals surface area contributed by atoms with Crippen molar-refractivity contribution in [1.82, 2.24) is 25.0 Å². The Morgan fingerprint density at radius 2 is 1.95 bits per heavy atom. The first-order valence-corrected chi connectivity index (χ1v) is 12.9. The zero-order chi connectivity index (χ0) is 25.6. The van der Waals surface area contributed by atoms with Crippen molar-refractivity contribution < 1.29 is 9.90 Å². The number of fused-ring (bicyclic) bond motifs is 4. The predicted molar refractivity (Wildman–Crippen MR) is 146 cm³/mol. The minimum atomic E-state index is -0.449. The van der Waals surface area contributed by atoms with E-state index in [1.54, 1.807) is 12.7 Å². The van der Waals surface area contributed by atoms with Crippen LogP contribution in [0.2, 0.25) is 0 Å². The molecule has 0 bridgehead atoms. The number of H-pyrrole nitrogens is 1. The fraction of sp³-hybridized carbons (Fsp3) is 0.241. The zero-order valence-electron chi connectivity index (χ0n) is 20.6. The SMILES string of the molecule is O=C(Nc1ccc(-n2cnnc2)cc1)C1CCC2=C(C1)C(C1=CCC(O)C=C1)Nc1ccc3[nH]ncc3c12. The molecular formula is C29H27N7O2. The number of hydrogen-bond acceptors (Lipinski definition) is 6. The summed E-state index contributed by atoms with van der Waals surface area (Å²) < 4.78 is 1.82. The number of anilines is 2. The van der Waals surface area contributed by atoms with Gasteiger partial charge in [-0.3, -0.25) is 14.5 Å². The largest absolute Gasteiger partial charge is 0.389 e. The molecule has 1 amide bonds. The van der Waals surface area contributed by atoms with Crippen LogP contribution in [0.3, 0.4) is 0 Å². The van der Waals surface area contributed by atoms with Crippen LogP contribution in [0.15, 0.2) is 84.6 Å². The molecule has 4 aromatic rings. The number of aliphatic hydroxyl groups excluding tert-OH is 1. The van der Waals surface area contributed by atoms with Crippen LogP contribution in [-0.4, -0.2) is 48.1 Å². The molecule has 0 fully saturated rings. The lowest BCUT2D eigenvalue weighted by molar-refractivity contribution is -0.120. The topological polar surface area (TPSA) is 121 Å². The van der Waals surface area contributed by atoms with Crippen molar-refractivity contribution in [3.05, 3.63) is 90.2 Å². The number of allylic oxidation sites excluding steroid dienone is 1. The summed E-state index contributed by atoms with van der Waals surface area (Å²) in [5.74, 6) is -0.109. The van der Waals surface area contributed by atoms with Crippen LogP contribution >= 0.6 is 0 Å². The van der Waals surface area contributed by atoms with Gasteiger partial charge in [0, 0.05) is 33.9 Å². The fourth-order valence-electron chi connectivity index (χ4n) is 5.90. The second-order valence-electron chi connectivity index (χ2n) is 10.1. The molecule has 0 spiro atoms. The van der Waals surface area contributed by atoms with Crippen molar-refractivity contribution in [2.24, 2.45) is 5.92 Å². The van der Waals surface area contributed by atoms with Crippen molar-refractivity contribution in [1.29, 1.82) is 0 Å². The van der Waals surface area contributed by atoms with Gasteiger partial charge in [-0.05, 0) is 78.8 Å². The second-order valence-corrected chi connectivity index (χ2v) is 10.1. The lowest BCUT2D eigenvalue weighted by Crippen LogP contribution is -2.35. The average molecular weight is 506 g/mol. The van der Waals surface area contributed by atoms with Crippen LogP contribution in [0.5, 0.6) is 0 Å². The zero-order valence-corrected chi connectivity index (χ0v) is 20.6. The van der Waals surface area contributed by atoms with Gasteiger partial charge in [-0.2, -0.15) is 5.10 Å². The number of aliphatic hydroxyl groups is 1. The molecule has 2 aliphatic carbocycles. The molecule has 0 saturated heterocycles. The highest BCUT2D eigenvalue weighted by molar-refractivity contribution is 6.01. The van der Waals surface area contributed by atoms with Gasteiger partial charge in [0.05, 0.1) is 23.9 Å². The van der Waals surface area contributed by atoms with Crippen molar-refractivity contribution in [2.45, 2.75) is 37.8 Å². The first-order valence-electron chi connectivity index (χ1n) is 12.9. The summed E-state index contributed by atoms with van der Waals surface area (Å²) >= 11 is 0. The Kier molecular flexibility index (Phi) is 5.44. The molecule has 38 heavy (non-hydrogen) atoms. The quantitative estimate of drug-likeness (QED) is 0.327. The third-order valence-corrected chi connectivity index (χ3v) is 7.83. The number of rotatable bonds is 4. The monoisotopic (exact) mass is 505 g/mol. The van der Waals surface area contributed by atoms with E-state index in [2.05, 4.69) is 49.2 Å². The highest BCUT2D eigenvalue weighted by atomic mass is 16.3. The molecule has 2 aromatic heterocycles. The van der Waals surface area contributed by atoms with Gasteiger partial charge in [-0.1, -0.05) is 18.2 Å². The smallest absolute Gasteiger partial charge is 0.227 e. The summed E-state index contributed by atoms with van der Waals surface area (Å²) in [5, 5.41) is 33.0. The summed E-state index contributed by atoms with van der Waals surface area (Å²) in [6, 6.07) is 11.8. The van der Waals surface area contributed by atoms with Crippen LogP contribution in [0.1, 0.15) is 31.2 Å². The number of nitrogens with one attached hydrogen (secondary N) is 3. The first kappa shape index (κ1) is 22.7. The van der Waals surface area contributed by atoms with E-state index in [1.807, 2.05) is 47.2 Å². The number of nitrogens with zero attached hydrogens (tertiary/aromatic N) is 4. The van der Waals surface area contributed by atoms with E-state index >= 15 is 0 Å². The molecule has 9 nitrogen and oxygen atoms in total. The van der Waals surface area contributed by atoms with E-state index in [0.29, 0.717) is 12.8 Å². The Morgan fingerprint density at radius 3 is 2.74 bits per heavy atom. The van der Waals surface area contributed by atoms with Crippen LogP contribution in [0.25, 0.3) is 22.2 Å². The maximum Gasteiger partial charge on any atom is 0.227 e. The number of amides is 1. The predicted octanol–water partition coefficient (Wildman–Crippen LogP) is 4.38. The Hall–Kier alpha value is -4.50. The van der Waals surface area contributed by atoms with Crippen molar-refractivity contribution >= 4 is 33.8 Å². The molecule has 0 saturated carbocycles. The van der Waals surface area contributed by atoms with Gasteiger partial charge in [-0.25, -0.2) is 0 Å². The minimum absolute atomic E-state index is 0.0308. The standard InChI is InChI=1S/C29H27N7O2/c37-21-8-1-17(2-9-21)28-23-13-18(29(38)33-19-4-6-20(7-5-19)36-15-31-32-16-36)3-10-22(23)27-24-14-30-35-25(24)11-12-26(27)34-28/h1-2,4-8,11-12,14-16,18,21,28,34,37H,3,9-10,13H2,(H,30,35)(H,33,38). The molecular weight excluding hydrogens is 478 g/mol.